The van der Waals surface area contributed by atoms with Crippen LogP contribution in [0, 0.1) is 0 Å². The Balaban J connectivity index is 1.07. The van der Waals surface area contributed by atoms with Crippen molar-refractivity contribution >= 4 is 71.6 Å². The first-order valence-corrected chi connectivity index (χ1v) is 18.6. The SMILES string of the molecule is c1cc(-c2ccc3ccccc3c2)cc(N(c2ccc(-c3ccccc3-n3c4ccccc4c4ccccc43)cc2)c2cncc3c2oc2ccccc23)c1. The summed E-state index contributed by atoms with van der Waals surface area (Å²) in [5.74, 6) is 0. The minimum atomic E-state index is 0.799. The molecular weight excluding hydrogens is 671 g/mol. The molecule has 0 saturated heterocycles. The van der Waals surface area contributed by atoms with Crippen molar-refractivity contribution in [3.8, 4) is 27.9 Å². The number of furan rings is 1. The van der Waals surface area contributed by atoms with Gasteiger partial charge >= 0.3 is 0 Å². The quantitative estimate of drug-likeness (QED) is 0.173. The van der Waals surface area contributed by atoms with E-state index in [2.05, 4.69) is 179 Å². The lowest BCUT2D eigenvalue weighted by Crippen LogP contribution is -2.10. The Morgan fingerprint density at radius 1 is 0.436 bits per heavy atom. The van der Waals surface area contributed by atoms with E-state index in [-0.39, 0.29) is 0 Å². The average molecular weight is 704 g/mol. The number of nitrogens with zero attached hydrogens (tertiary/aromatic N) is 3. The molecule has 0 saturated carbocycles. The van der Waals surface area contributed by atoms with Crippen molar-refractivity contribution in [3.63, 3.8) is 0 Å². The van der Waals surface area contributed by atoms with Crippen LogP contribution in [-0.4, -0.2) is 9.55 Å². The number of hydrogen-bond acceptors (Lipinski definition) is 3. The van der Waals surface area contributed by atoms with E-state index in [9.17, 15) is 0 Å². The second kappa shape index (κ2) is 12.6. The molecule has 3 aromatic heterocycles. The predicted octanol–water partition coefficient (Wildman–Crippen LogP) is 14.0. The normalized spacial score (nSPS) is 11.6. The van der Waals surface area contributed by atoms with Crippen LogP contribution in [0.5, 0.6) is 0 Å². The van der Waals surface area contributed by atoms with Crippen LogP contribution in [0.3, 0.4) is 0 Å². The van der Waals surface area contributed by atoms with Crippen molar-refractivity contribution in [2.75, 3.05) is 4.90 Å². The van der Waals surface area contributed by atoms with Crippen LogP contribution >= 0.6 is 0 Å². The summed E-state index contributed by atoms with van der Waals surface area (Å²) in [4.78, 5) is 7.04. The molecule has 11 aromatic rings. The van der Waals surface area contributed by atoms with Gasteiger partial charge in [0.1, 0.15) is 11.3 Å². The van der Waals surface area contributed by atoms with Crippen LogP contribution in [0.1, 0.15) is 0 Å². The molecular formula is C51H33N3O. The highest BCUT2D eigenvalue weighted by Gasteiger charge is 2.21. The third kappa shape index (κ3) is 5.11. The fraction of sp³-hybridized carbons (Fsp3) is 0. The lowest BCUT2D eigenvalue weighted by atomic mass is 10.00. The summed E-state index contributed by atoms with van der Waals surface area (Å²) >= 11 is 0. The first-order chi connectivity index (χ1) is 27.3. The summed E-state index contributed by atoms with van der Waals surface area (Å²) < 4.78 is 9.00. The molecule has 0 atom stereocenters. The lowest BCUT2D eigenvalue weighted by molar-refractivity contribution is 0.668. The third-order valence-electron chi connectivity index (χ3n) is 10.9. The Bertz CT molecular complexity index is 3170. The van der Waals surface area contributed by atoms with E-state index in [1.54, 1.807) is 0 Å². The topological polar surface area (TPSA) is 34.2 Å². The largest absolute Gasteiger partial charge is 0.454 e. The van der Waals surface area contributed by atoms with Crippen LogP contribution in [0.2, 0.25) is 0 Å². The number of benzene rings is 8. The molecule has 0 fully saturated rings. The molecule has 0 spiro atoms. The predicted molar refractivity (Wildman–Crippen MR) is 229 cm³/mol. The smallest absolute Gasteiger partial charge is 0.162 e. The van der Waals surface area contributed by atoms with Crippen LogP contribution in [0.25, 0.3) is 82.5 Å². The second-order valence-corrected chi connectivity index (χ2v) is 14.0. The van der Waals surface area contributed by atoms with Gasteiger partial charge in [0.15, 0.2) is 5.58 Å². The van der Waals surface area contributed by atoms with Crippen molar-refractivity contribution < 1.29 is 4.42 Å². The summed E-state index contributed by atoms with van der Waals surface area (Å²) in [6.45, 7) is 0. The molecule has 0 radical (unpaired) electrons. The molecule has 0 amide bonds. The maximum atomic E-state index is 6.61. The Labute approximate surface area is 317 Å². The Kier molecular flexibility index (Phi) is 7.14. The highest BCUT2D eigenvalue weighted by atomic mass is 16.3. The zero-order chi connectivity index (χ0) is 36.3. The van der Waals surface area contributed by atoms with Gasteiger partial charge in [-0.15, -0.1) is 0 Å². The molecule has 55 heavy (non-hydrogen) atoms. The van der Waals surface area contributed by atoms with Gasteiger partial charge in [0.2, 0.25) is 0 Å². The average Bonchev–Trinajstić information content (AvgIpc) is 3.81. The highest BCUT2D eigenvalue weighted by molar-refractivity contribution is 6.11. The molecule has 4 nitrogen and oxygen atoms in total. The number of fused-ring (bicyclic) bond motifs is 7. The number of hydrogen-bond donors (Lipinski definition) is 0. The second-order valence-electron chi connectivity index (χ2n) is 14.0. The molecule has 0 aliphatic heterocycles. The van der Waals surface area contributed by atoms with Gasteiger partial charge < -0.3 is 13.9 Å². The summed E-state index contributed by atoms with van der Waals surface area (Å²) in [7, 11) is 0. The minimum absolute atomic E-state index is 0.799. The van der Waals surface area contributed by atoms with Crippen molar-refractivity contribution in [2.45, 2.75) is 0 Å². The molecule has 11 rings (SSSR count). The molecule has 0 bridgehead atoms. The molecule has 0 N–H and O–H groups in total. The molecule has 4 heteroatoms. The van der Waals surface area contributed by atoms with Crippen molar-refractivity contribution in [1.29, 1.82) is 0 Å². The maximum absolute atomic E-state index is 6.61. The van der Waals surface area contributed by atoms with E-state index < -0.39 is 0 Å². The number of aromatic nitrogens is 2. The van der Waals surface area contributed by atoms with Gasteiger partial charge in [-0.1, -0.05) is 133 Å². The zero-order valence-corrected chi connectivity index (χ0v) is 29.8. The van der Waals surface area contributed by atoms with E-state index in [0.29, 0.717) is 0 Å². The molecule has 8 aromatic carbocycles. The lowest BCUT2D eigenvalue weighted by Gasteiger charge is -2.26. The van der Waals surface area contributed by atoms with Crippen LogP contribution in [0.4, 0.5) is 17.1 Å². The van der Waals surface area contributed by atoms with Crippen LogP contribution in [0.15, 0.2) is 205 Å². The van der Waals surface area contributed by atoms with Gasteiger partial charge in [-0.2, -0.15) is 0 Å². The van der Waals surface area contributed by atoms with Crippen LogP contribution in [-0.2, 0) is 0 Å². The monoisotopic (exact) mass is 703 g/mol. The van der Waals surface area contributed by atoms with E-state index >= 15 is 0 Å². The number of pyridine rings is 1. The number of para-hydroxylation sites is 4. The maximum Gasteiger partial charge on any atom is 0.162 e. The molecule has 3 heterocycles. The Morgan fingerprint density at radius 3 is 1.91 bits per heavy atom. The zero-order valence-electron chi connectivity index (χ0n) is 29.8. The van der Waals surface area contributed by atoms with Crippen molar-refractivity contribution in [2.24, 2.45) is 0 Å². The Hall–Kier alpha value is -7.43. The summed E-state index contributed by atoms with van der Waals surface area (Å²) in [6, 6.07) is 67.0. The van der Waals surface area contributed by atoms with Gasteiger partial charge in [-0.3, -0.25) is 4.98 Å². The fourth-order valence-corrected chi connectivity index (χ4v) is 8.29. The fourth-order valence-electron chi connectivity index (χ4n) is 8.29. The van der Waals surface area contributed by atoms with Gasteiger partial charge in [-0.05, 0) is 82.1 Å². The van der Waals surface area contributed by atoms with Gasteiger partial charge in [0, 0.05) is 44.7 Å². The van der Waals surface area contributed by atoms with Crippen LogP contribution < -0.4 is 4.90 Å². The van der Waals surface area contributed by atoms with E-state index in [4.69, 9.17) is 9.40 Å². The first kappa shape index (κ1) is 31.1. The summed E-state index contributed by atoms with van der Waals surface area (Å²) in [5, 5.41) is 6.98. The number of rotatable bonds is 6. The third-order valence-corrected chi connectivity index (χ3v) is 10.9. The number of anilines is 3. The van der Waals surface area contributed by atoms with Gasteiger partial charge in [-0.25, -0.2) is 0 Å². The van der Waals surface area contributed by atoms with E-state index in [1.807, 2.05) is 30.6 Å². The molecule has 0 aliphatic carbocycles. The highest BCUT2D eigenvalue weighted by Crippen LogP contribution is 2.43. The van der Waals surface area contributed by atoms with E-state index in [0.717, 1.165) is 66.9 Å². The van der Waals surface area contributed by atoms with Gasteiger partial charge in [0.05, 0.1) is 22.9 Å². The molecule has 0 aliphatic rings. The van der Waals surface area contributed by atoms with Crippen molar-refractivity contribution in [3.05, 3.63) is 200 Å². The summed E-state index contributed by atoms with van der Waals surface area (Å²) in [5.41, 5.74) is 12.6. The van der Waals surface area contributed by atoms with Crippen molar-refractivity contribution in [1.82, 2.24) is 9.55 Å². The molecule has 0 unspecified atom stereocenters. The molecule has 258 valence electrons. The Morgan fingerprint density at radius 2 is 1.09 bits per heavy atom. The first-order valence-electron chi connectivity index (χ1n) is 18.6. The van der Waals surface area contributed by atoms with E-state index in [1.165, 1.54) is 32.6 Å². The van der Waals surface area contributed by atoms with Gasteiger partial charge in [0.25, 0.3) is 0 Å². The standard InChI is InChI=1S/C51H33N3O/c1-2-13-36-30-38(25-24-34(36)12-1)37-14-11-15-40(31-37)53(49-33-52-32-45-44-19-6-10-23-50(44)55-51(45)49)39-28-26-35(27-29-39)41-16-3-7-20-46(41)54-47-21-8-4-17-42(47)43-18-5-9-22-48(43)54/h1-33H. The minimum Gasteiger partial charge on any atom is -0.454 e. The summed E-state index contributed by atoms with van der Waals surface area (Å²) in [6.07, 6.45) is 3.82.